The summed E-state index contributed by atoms with van der Waals surface area (Å²) < 4.78 is 25.7. The van der Waals surface area contributed by atoms with Gasteiger partial charge >= 0.3 is 0 Å². The summed E-state index contributed by atoms with van der Waals surface area (Å²) in [4.78, 5) is 10.8. The molecule has 14 heavy (non-hydrogen) atoms. The molecule has 2 rings (SSSR count). The van der Waals surface area contributed by atoms with Crippen molar-refractivity contribution in [2.24, 2.45) is 0 Å². The summed E-state index contributed by atoms with van der Waals surface area (Å²) in [6.07, 6.45) is 1.03. The molecule has 0 saturated carbocycles. The molecule has 71 valence electrons. The van der Waals surface area contributed by atoms with Gasteiger partial charge in [-0.25, -0.2) is 0 Å². The zero-order valence-electron chi connectivity index (χ0n) is 7.04. The van der Waals surface area contributed by atoms with Crippen LogP contribution in [0.2, 0.25) is 0 Å². The van der Waals surface area contributed by atoms with Crippen molar-refractivity contribution < 1.29 is 13.2 Å². The highest BCUT2D eigenvalue weighted by atomic mass is 32.2. The van der Waals surface area contributed by atoms with E-state index < -0.39 is 15.9 Å². The predicted octanol–water partition coefficient (Wildman–Crippen LogP) is 0.502. The Hall–Kier alpha value is -1.62. The van der Waals surface area contributed by atoms with Crippen molar-refractivity contribution in [1.29, 1.82) is 0 Å². The third-order valence-corrected chi connectivity index (χ3v) is 3.13. The molecule has 4 nitrogen and oxygen atoms in total. The zero-order valence-corrected chi connectivity index (χ0v) is 7.86. The Labute approximate surface area is 81.3 Å². The van der Waals surface area contributed by atoms with Crippen LogP contribution in [0.1, 0.15) is 5.56 Å². The largest absolute Gasteiger partial charge is 0.286 e. The van der Waals surface area contributed by atoms with Crippen LogP contribution in [0, 0.1) is 0 Å². The van der Waals surface area contributed by atoms with Gasteiger partial charge in [0, 0.05) is 6.08 Å². The van der Waals surface area contributed by atoms with Crippen molar-refractivity contribution in [3.05, 3.63) is 42.0 Å². The molecule has 1 amide bonds. The first-order valence-corrected chi connectivity index (χ1v) is 5.33. The second kappa shape index (κ2) is 2.95. The van der Waals surface area contributed by atoms with Crippen LogP contribution in [0.5, 0.6) is 0 Å². The molecule has 0 bridgehead atoms. The van der Waals surface area contributed by atoms with Crippen LogP contribution in [0.4, 0.5) is 0 Å². The number of carbonyl (C=O) groups excluding carboxylic acids is 1. The van der Waals surface area contributed by atoms with Crippen LogP contribution in [0.25, 0.3) is 4.91 Å². The van der Waals surface area contributed by atoms with Crippen LogP contribution in [-0.4, -0.2) is 14.3 Å². The maximum atomic E-state index is 11.3. The summed E-state index contributed by atoms with van der Waals surface area (Å²) in [5.74, 6) is -0.719. The Morgan fingerprint density at radius 2 is 1.71 bits per heavy atom. The highest BCUT2D eigenvalue weighted by Gasteiger charge is 2.30. The number of sulfonamides is 1. The number of benzene rings is 1. The molecule has 1 radical (unpaired) electrons. The highest BCUT2D eigenvalue weighted by molar-refractivity contribution is 7.99. The van der Waals surface area contributed by atoms with Gasteiger partial charge in [-0.3, -0.25) is 4.79 Å². The molecule has 0 N–H and O–H groups in total. The summed E-state index contributed by atoms with van der Waals surface area (Å²) in [6.45, 7) is 0. The predicted molar refractivity (Wildman–Crippen MR) is 50.5 cm³/mol. The molecule has 1 aliphatic rings. The van der Waals surface area contributed by atoms with Crippen LogP contribution >= 0.6 is 0 Å². The van der Waals surface area contributed by atoms with E-state index in [0.29, 0.717) is 5.56 Å². The molecule has 0 saturated heterocycles. The molecule has 0 aliphatic carbocycles. The van der Waals surface area contributed by atoms with E-state index in [-0.39, 0.29) is 4.91 Å². The fourth-order valence-electron chi connectivity index (χ4n) is 1.22. The van der Waals surface area contributed by atoms with Crippen molar-refractivity contribution in [2.75, 3.05) is 0 Å². The maximum absolute atomic E-state index is 11.3. The first-order valence-electron chi connectivity index (χ1n) is 3.89. The van der Waals surface area contributed by atoms with E-state index in [4.69, 9.17) is 0 Å². The van der Waals surface area contributed by atoms with Gasteiger partial charge in [-0.1, -0.05) is 30.3 Å². The third kappa shape index (κ3) is 1.42. The smallest absolute Gasteiger partial charge is 0.267 e. The molecule has 5 heteroatoms. The summed E-state index contributed by atoms with van der Waals surface area (Å²) >= 11 is 0. The Bertz CT molecular complexity index is 502. The average Bonchev–Trinajstić information content (AvgIpc) is 2.41. The van der Waals surface area contributed by atoms with E-state index in [9.17, 15) is 13.2 Å². The molecule has 1 aromatic rings. The number of rotatable bonds is 1. The summed E-state index contributed by atoms with van der Waals surface area (Å²) in [5, 5.41) is 0. The second-order valence-electron chi connectivity index (χ2n) is 2.78. The van der Waals surface area contributed by atoms with E-state index in [0.717, 1.165) is 6.08 Å². The van der Waals surface area contributed by atoms with Gasteiger partial charge < -0.3 is 0 Å². The van der Waals surface area contributed by atoms with E-state index in [1.165, 1.54) is 0 Å². The second-order valence-corrected chi connectivity index (χ2v) is 4.35. The van der Waals surface area contributed by atoms with Crippen LogP contribution in [0.3, 0.4) is 0 Å². The Morgan fingerprint density at radius 3 is 2.21 bits per heavy atom. The van der Waals surface area contributed by atoms with Crippen molar-refractivity contribution in [1.82, 2.24) is 4.72 Å². The normalized spacial score (nSPS) is 18.9. The van der Waals surface area contributed by atoms with Crippen LogP contribution in [-0.2, 0) is 14.8 Å². The van der Waals surface area contributed by atoms with Gasteiger partial charge in [0.2, 0.25) is 0 Å². The number of hydrogen-bond acceptors (Lipinski definition) is 3. The van der Waals surface area contributed by atoms with Crippen LogP contribution in [0.15, 0.2) is 36.4 Å². The Balaban J connectivity index is 2.56. The van der Waals surface area contributed by atoms with Crippen molar-refractivity contribution >= 4 is 20.8 Å². The number of nitrogens with zero attached hydrogens (tertiary/aromatic N) is 1. The van der Waals surface area contributed by atoms with Crippen molar-refractivity contribution in [3.63, 3.8) is 0 Å². The molecule has 1 aliphatic heterocycles. The molecule has 0 aromatic heterocycles. The lowest BCUT2D eigenvalue weighted by molar-refractivity contribution is -0.114. The van der Waals surface area contributed by atoms with Gasteiger partial charge in [0.15, 0.2) is 0 Å². The summed E-state index contributed by atoms with van der Waals surface area (Å²) in [6, 6.07) is 8.42. The zero-order chi connectivity index (χ0) is 10.2. The monoisotopic (exact) mass is 208 g/mol. The van der Waals surface area contributed by atoms with Crippen molar-refractivity contribution in [3.8, 4) is 0 Å². The molecule has 1 heterocycles. The molecular weight excluding hydrogens is 202 g/mol. The average molecular weight is 208 g/mol. The molecular formula is C9H6NO3S. The van der Waals surface area contributed by atoms with E-state index in [2.05, 4.69) is 4.72 Å². The maximum Gasteiger partial charge on any atom is 0.286 e. The first kappa shape index (κ1) is 8.96. The SMILES string of the molecule is O=C1C=C(c2ccccc2)S(=O)(=O)[N]1. The lowest BCUT2D eigenvalue weighted by atomic mass is 10.2. The van der Waals surface area contributed by atoms with E-state index in [1.807, 2.05) is 0 Å². The Kier molecular flexibility index (Phi) is 1.89. The molecule has 1 aromatic carbocycles. The van der Waals surface area contributed by atoms with Gasteiger partial charge in [0.1, 0.15) is 4.91 Å². The summed E-state index contributed by atoms with van der Waals surface area (Å²) in [5.41, 5.74) is 0.488. The quantitative estimate of drug-likeness (QED) is 0.675. The lowest BCUT2D eigenvalue weighted by Crippen LogP contribution is -2.13. The number of hydrogen-bond donors (Lipinski definition) is 0. The van der Waals surface area contributed by atoms with Crippen molar-refractivity contribution in [2.45, 2.75) is 0 Å². The Morgan fingerprint density at radius 1 is 1.07 bits per heavy atom. The lowest BCUT2D eigenvalue weighted by Gasteiger charge is -1.99. The third-order valence-electron chi connectivity index (χ3n) is 1.80. The molecule has 0 atom stereocenters. The van der Waals surface area contributed by atoms with Gasteiger partial charge in [-0.05, 0) is 5.56 Å². The molecule has 0 fully saturated rings. The minimum Gasteiger partial charge on any atom is -0.267 e. The van der Waals surface area contributed by atoms with E-state index >= 15 is 0 Å². The standard InChI is InChI=1S/C9H6NO3S/c11-9-6-8(14(12,13)10-9)7-4-2-1-3-5-7/h1-6H. The van der Waals surface area contributed by atoms with Crippen LogP contribution < -0.4 is 4.72 Å². The number of amides is 1. The fraction of sp³-hybridized carbons (Fsp3) is 0. The van der Waals surface area contributed by atoms with Gasteiger partial charge in [0.25, 0.3) is 15.9 Å². The minimum atomic E-state index is -3.75. The highest BCUT2D eigenvalue weighted by Crippen LogP contribution is 2.24. The van der Waals surface area contributed by atoms with Gasteiger partial charge in [-0.15, -0.1) is 4.72 Å². The van der Waals surface area contributed by atoms with Gasteiger partial charge in [-0.2, -0.15) is 8.42 Å². The molecule has 0 spiro atoms. The molecule has 0 unspecified atom stereocenters. The first-order chi connectivity index (χ1) is 6.59. The van der Waals surface area contributed by atoms with Gasteiger partial charge in [0.05, 0.1) is 0 Å². The van der Waals surface area contributed by atoms with E-state index in [1.54, 1.807) is 30.3 Å². The topological polar surface area (TPSA) is 65.3 Å². The summed E-state index contributed by atoms with van der Waals surface area (Å²) in [7, 11) is -3.75. The fourth-order valence-corrected chi connectivity index (χ4v) is 2.29. The minimum absolute atomic E-state index is 0.0249. The number of carbonyl (C=O) groups is 1.